The molecular weight excluding hydrogens is 220 g/mol. The molecule has 0 unspecified atom stereocenters. The average molecular weight is 235 g/mol. The number of aromatic hydroxyl groups is 1. The molecule has 0 aromatic heterocycles. The minimum Gasteiger partial charge on any atom is -0.506 e. The molecule has 0 heterocycles. The lowest BCUT2D eigenvalue weighted by Gasteiger charge is -2.22. The van der Waals surface area contributed by atoms with Crippen molar-refractivity contribution in [2.75, 3.05) is 0 Å². The molecule has 1 nitrogen and oxygen atoms in total. The van der Waals surface area contributed by atoms with Crippen LogP contribution < -0.4 is 0 Å². The minimum atomic E-state index is -0.0122. The highest BCUT2D eigenvalue weighted by Gasteiger charge is 2.19. The van der Waals surface area contributed by atoms with Crippen molar-refractivity contribution in [2.24, 2.45) is 0 Å². The van der Waals surface area contributed by atoms with E-state index in [0.717, 1.165) is 16.3 Å². The third kappa shape index (κ3) is 1.76. The molecule has 1 N–H and O–H groups in total. The van der Waals surface area contributed by atoms with Gasteiger partial charge < -0.3 is 5.11 Å². The summed E-state index contributed by atoms with van der Waals surface area (Å²) in [4.78, 5) is 0. The third-order valence-electron chi connectivity index (χ3n) is 2.77. The fourth-order valence-corrected chi connectivity index (χ4v) is 2.17. The summed E-state index contributed by atoms with van der Waals surface area (Å²) in [6.45, 7) is 6.38. The second-order valence-corrected chi connectivity index (χ2v) is 5.43. The van der Waals surface area contributed by atoms with E-state index in [1.807, 2.05) is 24.3 Å². The first-order chi connectivity index (χ1) is 7.41. The fraction of sp³-hybridized carbons (Fsp3) is 0.286. The van der Waals surface area contributed by atoms with E-state index in [1.54, 1.807) is 6.07 Å². The van der Waals surface area contributed by atoms with E-state index in [2.05, 4.69) is 20.8 Å². The largest absolute Gasteiger partial charge is 0.506 e. The summed E-state index contributed by atoms with van der Waals surface area (Å²) in [6.07, 6.45) is 0. The summed E-state index contributed by atoms with van der Waals surface area (Å²) in [5.41, 5.74) is 1.10. The summed E-state index contributed by atoms with van der Waals surface area (Å²) in [7, 11) is 0. The van der Waals surface area contributed by atoms with Gasteiger partial charge in [0.2, 0.25) is 0 Å². The number of fused-ring (bicyclic) bond motifs is 1. The number of phenols is 1. The maximum Gasteiger partial charge on any atom is 0.135 e. The van der Waals surface area contributed by atoms with Crippen LogP contribution >= 0.6 is 11.6 Å². The van der Waals surface area contributed by atoms with Crippen molar-refractivity contribution in [3.8, 4) is 5.75 Å². The highest BCUT2D eigenvalue weighted by atomic mass is 35.5. The molecule has 84 valence electrons. The van der Waals surface area contributed by atoms with Crippen LogP contribution in [0.25, 0.3) is 10.8 Å². The van der Waals surface area contributed by atoms with Gasteiger partial charge in [-0.1, -0.05) is 56.6 Å². The molecule has 2 rings (SSSR count). The molecule has 0 saturated heterocycles. The first-order valence-electron chi connectivity index (χ1n) is 5.32. The smallest absolute Gasteiger partial charge is 0.135 e. The summed E-state index contributed by atoms with van der Waals surface area (Å²) >= 11 is 6.10. The monoisotopic (exact) mass is 234 g/mol. The molecule has 2 aromatic carbocycles. The van der Waals surface area contributed by atoms with Gasteiger partial charge in [-0.2, -0.15) is 0 Å². The molecule has 0 saturated carbocycles. The first kappa shape index (κ1) is 11.3. The highest BCUT2D eigenvalue weighted by molar-refractivity contribution is 6.37. The van der Waals surface area contributed by atoms with E-state index in [9.17, 15) is 5.11 Å². The van der Waals surface area contributed by atoms with E-state index < -0.39 is 0 Å². The molecule has 0 atom stereocenters. The maximum atomic E-state index is 9.83. The predicted octanol–water partition coefficient (Wildman–Crippen LogP) is 4.50. The molecule has 0 spiro atoms. The number of hydrogen-bond acceptors (Lipinski definition) is 1. The van der Waals surface area contributed by atoms with Gasteiger partial charge in [0, 0.05) is 5.39 Å². The Morgan fingerprint density at radius 1 is 1.06 bits per heavy atom. The summed E-state index contributed by atoms with van der Waals surface area (Å²) in [5.74, 6) is 0.158. The molecule has 0 aliphatic heterocycles. The Bertz CT molecular complexity index is 538. The molecule has 0 radical (unpaired) electrons. The molecule has 2 heteroatoms. The van der Waals surface area contributed by atoms with Crippen molar-refractivity contribution >= 4 is 22.4 Å². The van der Waals surface area contributed by atoms with Gasteiger partial charge in [0.05, 0.1) is 5.02 Å². The first-order valence-corrected chi connectivity index (χ1v) is 5.70. The Morgan fingerprint density at radius 2 is 1.62 bits per heavy atom. The lowest BCUT2D eigenvalue weighted by Crippen LogP contribution is -2.11. The number of benzene rings is 2. The van der Waals surface area contributed by atoms with Crippen LogP contribution in [-0.2, 0) is 5.41 Å². The van der Waals surface area contributed by atoms with E-state index >= 15 is 0 Å². The number of halogens is 1. The molecule has 0 amide bonds. The fourth-order valence-electron chi connectivity index (χ4n) is 1.95. The molecule has 0 aliphatic rings. The molecule has 0 aliphatic carbocycles. The van der Waals surface area contributed by atoms with Gasteiger partial charge in [-0.15, -0.1) is 0 Å². The normalized spacial score (nSPS) is 12.0. The van der Waals surface area contributed by atoms with Gasteiger partial charge in [-0.3, -0.25) is 0 Å². The van der Waals surface area contributed by atoms with Gasteiger partial charge in [0.25, 0.3) is 0 Å². The zero-order valence-corrected chi connectivity index (χ0v) is 10.5. The van der Waals surface area contributed by atoms with Crippen LogP contribution in [0.15, 0.2) is 30.3 Å². The molecular formula is C14H15ClO. The van der Waals surface area contributed by atoms with E-state index in [0.29, 0.717) is 5.02 Å². The van der Waals surface area contributed by atoms with Crippen LogP contribution in [0.3, 0.4) is 0 Å². The lowest BCUT2D eigenvalue weighted by molar-refractivity contribution is 0.472. The summed E-state index contributed by atoms with van der Waals surface area (Å²) in [5, 5.41) is 12.3. The topological polar surface area (TPSA) is 20.2 Å². The Labute approximate surface area is 101 Å². The molecule has 0 fully saturated rings. The Morgan fingerprint density at radius 3 is 2.19 bits per heavy atom. The van der Waals surface area contributed by atoms with Gasteiger partial charge in [0.15, 0.2) is 0 Å². The van der Waals surface area contributed by atoms with Crippen LogP contribution in [0.1, 0.15) is 26.3 Å². The second-order valence-electron chi connectivity index (χ2n) is 5.05. The van der Waals surface area contributed by atoms with Crippen molar-refractivity contribution in [1.82, 2.24) is 0 Å². The second kappa shape index (κ2) is 3.67. The highest BCUT2D eigenvalue weighted by Crippen LogP contribution is 2.39. The van der Waals surface area contributed by atoms with Crippen LogP contribution in [0, 0.1) is 0 Å². The summed E-state index contributed by atoms with van der Waals surface area (Å²) < 4.78 is 0. The van der Waals surface area contributed by atoms with Crippen LogP contribution in [0.5, 0.6) is 5.75 Å². The number of hydrogen-bond donors (Lipinski definition) is 1. The number of phenolic OH excluding ortho intramolecular Hbond substituents is 1. The van der Waals surface area contributed by atoms with E-state index in [-0.39, 0.29) is 11.2 Å². The number of rotatable bonds is 0. The Balaban J connectivity index is 2.91. The minimum absolute atomic E-state index is 0.0122. The maximum absolute atomic E-state index is 9.83. The van der Waals surface area contributed by atoms with Crippen LogP contribution in [-0.4, -0.2) is 5.11 Å². The Hall–Kier alpha value is -1.21. The van der Waals surface area contributed by atoms with Crippen LogP contribution in [0.2, 0.25) is 5.02 Å². The van der Waals surface area contributed by atoms with E-state index in [4.69, 9.17) is 11.6 Å². The van der Waals surface area contributed by atoms with Gasteiger partial charge in [-0.05, 0) is 22.4 Å². The van der Waals surface area contributed by atoms with Crippen molar-refractivity contribution in [3.63, 3.8) is 0 Å². The van der Waals surface area contributed by atoms with Crippen molar-refractivity contribution in [2.45, 2.75) is 26.2 Å². The molecule has 16 heavy (non-hydrogen) atoms. The zero-order chi connectivity index (χ0) is 11.9. The molecule has 2 aromatic rings. The predicted molar refractivity (Wildman–Crippen MR) is 69.3 cm³/mol. The van der Waals surface area contributed by atoms with Crippen molar-refractivity contribution in [1.29, 1.82) is 0 Å². The average Bonchev–Trinajstić information content (AvgIpc) is 2.22. The molecule has 0 bridgehead atoms. The standard InChI is InChI=1S/C14H15ClO/c1-14(2,3)11-8-12(16)13(15)10-7-5-4-6-9(10)11/h4-8,16H,1-3H3. The van der Waals surface area contributed by atoms with Gasteiger partial charge in [0.1, 0.15) is 5.75 Å². The quantitative estimate of drug-likeness (QED) is 0.712. The van der Waals surface area contributed by atoms with Gasteiger partial charge in [-0.25, -0.2) is 0 Å². The zero-order valence-electron chi connectivity index (χ0n) is 9.71. The van der Waals surface area contributed by atoms with Crippen molar-refractivity contribution in [3.05, 3.63) is 40.9 Å². The Kier molecular flexibility index (Phi) is 2.59. The van der Waals surface area contributed by atoms with Gasteiger partial charge >= 0.3 is 0 Å². The van der Waals surface area contributed by atoms with E-state index in [1.165, 1.54) is 0 Å². The summed E-state index contributed by atoms with van der Waals surface area (Å²) in [6, 6.07) is 9.67. The lowest BCUT2D eigenvalue weighted by atomic mass is 9.83. The van der Waals surface area contributed by atoms with Crippen LogP contribution in [0.4, 0.5) is 0 Å². The SMILES string of the molecule is CC(C)(C)c1cc(O)c(Cl)c2ccccc12. The van der Waals surface area contributed by atoms with Crippen molar-refractivity contribution < 1.29 is 5.11 Å². The third-order valence-corrected chi connectivity index (χ3v) is 3.16.